The Morgan fingerprint density at radius 1 is 1.40 bits per heavy atom. The summed E-state index contributed by atoms with van der Waals surface area (Å²) in [5, 5.41) is 9.92. The highest BCUT2D eigenvalue weighted by Gasteiger charge is 2.21. The average Bonchev–Trinajstić information content (AvgIpc) is 2.79. The van der Waals surface area contributed by atoms with Gasteiger partial charge in [-0.05, 0) is 30.7 Å². The average molecular weight is 288 g/mol. The summed E-state index contributed by atoms with van der Waals surface area (Å²) in [4.78, 5) is 20.1. The van der Waals surface area contributed by atoms with E-state index in [2.05, 4.69) is 9.97 Å². The maximum absolute atomic E-state index is 11.6. The summed E-state index contributed by atoms with van der Waals surface area (Å²) in [6.07, 6.45) is 3.15. The monoisotopic (exact) mass is 287 g/mol. The number of nitrogens with zero attached hydrogens (tertiary/aromatic N) is 3. The highest BCUT2D eigenvalue weighted by Crippen LogP contribution is 2.26. The van der Waals surface area contributed by atoms with Gasteiger partial charge in [-0.3, -0.25) is 9.38 Å². The van der Waals surface area contributed by atoms with Crippen molar-refractivity contribution in [3.8, 4) is 11.4 Å². The Hall–Kier alpha value is -2.40. The van der Waals surface area contributed by atoms with Gasteiger partial charge in [0.25, 0.3) is 0 Å². The Labute approximate surface area is 119 Å². The van der Waals surface area contributed by atoms with Crippen molar-refractivity contribution in [1.29, 1.82) is 0 Å². The van der Waals surface area contributed by atoms with Crippen LogP contribution in [0.3, 0.4) is 0 Å². The molecule has 0 fully saturated rings. The van der Waals surface area contributed by atoms with Crippen LogP contribution in [0.15, 0.2) is 36.7 Å². The number of fused-ring (bicyclic) bond motifs is 1. The molecule has 0 radical (unpaired) electrons. The Balaban J connectivity index is 2.41. The van der Waals surface area contributed by atoms with Gasteiger partial charge in [-0.1, -0.05) is 17.7 Å². The zero-order valence-corrected chi connectivity index (χ0v) is 11.3. The molecule has 0 bridgehead atoms. The van der Waals surface area contributed by atoms with Crippen LogP contribution < -0.4 is 0 Å². The maximum Gasteiger partial charge on any atom is 0.355 e. The molecule has 0 aromatic carbocycles. The molecule has 3 heterocycles. The van der Waals surface area contributed by atoms with Crippen molar-refractivity contribution in [2.75, 3.05) is 0 Å². The Kier molecular flexibility index (Phi) is 2.91. The number of aryl methyl sites for hydroxylation is 1. The van der Waals surface area contributed by atoms with Crippen LogP contribution in [0.1, 0.15) is 16.1 Å². The van der Waals surface area contributed by atoms with Gasteiger partial charge < -0.3 is 5.11 Å². The number of aromatic nitrogens is 3. The van der Waals surface area contributed by atoms with E-state index in [0.717, 1.165) is 5.56 Å². The van der Waals surface area contributed by atoms with Crippen LogP contribution in [-0.2, 0) is 0 Å². The predicted octanol–water partition coefficient (Wildman–Crippen LogP) is 3.06. The van der Waals surface area contributed by atoms with E-state index in [0.29, 0.717) is 22.1 Å². The van der Waals surface area contributed by atoms with E-state index in [1.165, 1.54) is 4.40 Å². The molecule has 0 saturated heterocycles. The lowest BCUT2D eigenvalue weighted by Crippen LogP contribution is -2.04. The van der Waals surface area contributed by atoms with Crippen molar-refractivity contribution in [2.45, 2.75) is 6.92 Å². The first-order valence-corrected chi connectivity index (χ1v) is 6.28. The molecule has 100 valence electrons. The second-order valence-corrected chi connectivity index (χ2v) is 4.80. The molecule has 0 aliphatic carbocycles. The highest BCUT2D eigenvalue weighted by atomic mass is 35.5. The van der Waals surface area contributed by atoms with Gasteiger partial charge in [0.15, 0.2) is 5.69 Å². The lowest BCUT2D eigenvalue weighted by Gasteiger charge is -2.01. The third-order valence-corrected chi connectivity index (χ3v) is 3.19. The molecule has 0 amide bonds. The van der Waals surface area contributed by atoms with Crippen molar-refractivity contribution >= 4 is 23.2 Å². The summed E-state index contributed by atoms with van der Waals surface area (Å²) in [6.45, 7) is 1.84. The first-order chi connectivity index (χ1) is 9.58. The SMILES string of the molecule is Cc1cc(Cl)cn2c(C(=O)O)c(-c3ccccn3)nc12. The number of hydrogen-bond acceptors (Lipinski definition) is 3. The summed E-state index contributed by atoms with van der Waals surface area (Å²) < 4.78 is 1.49. The molecule has 5 nitrogen and oxygen atoms in total. The first-order valence-electron chi connectivity index (χ1n) is 5.91. The van der Waals surface area contributed by atoms with Crippen molar-refractivity contribution in [3.63, 3.8) is 0 Å². The van der Waals surface area contributed by atoms with Gasteiger partial charge in [0, 0.05) is 12.4 Å². The van der Waals surface area contributed by atoms with Crippen molar-refractivity contribution in [1.82, 2.24) is 14.4 Å². The lowest BCUT2D eigenvalue weighted by atomic mass is 10.2. The normalized spacial score (nSPS) is 10.9. The molecule has 3 rings (SSSR count). The summed E-state index contributed by atoms with van der Waals surface area (Å²) in [5.74, 6) is -1.07. The molecule has 0 saturated carbocycles. The van der Waals surface area contributed by atoms with Crippen molar-refractivity contribution in [2.24, 2.45) is 0 Å². The van der Waals surface area contributed by atoms with Crippen LogP contribution in [0.5, 0.6) is 0 Å². The summed E-state index contributed by atoms with van der Waals surface area (Å²) >= 11 is 6.00. The minimum absolute atomic E-state index is 0.0595. The van der Waals surface area contributed by atoms with E-state index in [1.54, 1.807) is 36.7 Å². The molecule has 3 aromatic heterocycles. The molecule has 0 aliphatic rings. The van der Waals surface area contributed by atoms with Gasteiger partial charge in [0.2, 0.25) is 0 Å². The van der Waals surface area contributed by atoms with Crippen molar-refractivity contribution < 1.29 is 9.90 Å². The van der Waals surface area contributed by atoms with Gasteiger partial charge in [-0.25, -0.2) is 9.78 Å². The van der Waals surface area contributed by atoms with E-state index in [4.69, 9.17) is 11.6 Å². The first kappa shape index (κ1) is 12.6. The summed E-state index contributed by atoms with van der Waals surface area (Å²) in [5.41, 5.74) is 2.28. The van der Waals surface area contributed by atoms with Crippen molar-refractivity contribution in [3.05, 3.63) is 52.9 Å². The minimum Gasteiger partial charge on any atom is -0.476 e. The van der Waals surface area contributed by atoms with Crippen LogP contribution in [0.2, 0.25) is 5.02 Å². The van der Waals surface area contributed by atoms with E-state index in [1.807, 2.05) is 6.92 Å². The number of imidazole rings is 1. The van der Waals surface area contributed by atoms with Crippen LogP contribution in [-0.4, -0.2) is 25.4 Å². The number of pyridine rings is 2. The molecule has 0 atom stereocenters. The fourth-order valence-electron chi connectivity index (χ4n) is 2.15. The second kappa shape index (κ2) is 4.61. The number of carbonyl (C=O) groups is 1. The molecule has 0 spiro atoms. The zero-order chi connectivity index (χ0) is 14.3. The zero-order valence-electron chi connectivity index (χ0n) is 10.5. The molecule has 0 unspecified atom stereocenters. The fourth-order valence-corrected chi connectivity index (χ4v) is 2.42. The van der Waals surface area contributed by atoms with Gasteiger partial charge in [-0.2, -0.15) is 0 Å². The Bertz CT molecular complexity index is 812. The van der Waals surface area contributed by atoms with Crippen LogP contribution >= 0.6 is 11.6 Å². The number of rotatable bonds is 2. The molecule has 1 N–H and O–H groups in total. The molecule has 0 aliphatic heterocycles. The summed E-state index contributed by atoms with van der Waals surface area (Å²) in [7, 11) is 0. The van der Waals surface area contributed by atoms with E-state index >= 15 is 0 Å². The van der Waals surface area contributed by atoms with E-state index in [-0.39, 0.29) is 5.69 Å². The quantitative estimate of drug-likeness (QED) is 0.786. The third-order valence-electron chi connectivity index (χ3n) is 2.98. The number of halogens is 1. The summed E-state index contributed by atoms with van der Waals surface area (Å²) in [6, 6.07) is 7.03. The molecular formula is C14H10ClN3O2. The smallest absolute Gasteiger partial charge is 0.355 e. The van der Waals surface area contributed by atoms with Gasteiger partial charge in [-0.15, -0.1) is 0 Å². The number of carboxylic acids is 1. The standard InChI is InChI=1S/C14H10ClN3O2/c1-8-6-9(15)7-18-12(14(19)20)11(17-13(8)18)10-4-2-3-5-16-10/h2-7H,1H3,(H,19,20). The molecule has 6 heteroatoms. The predicted molar refractivity (Wildman–Crippen MR) is 75.1 cm³/mol. The molecular weight excluding hydrogens is 278 g/mol. The molecule has 20 heavy (non-hydrogen) atoms. The maximum atomic E-state index is 11.6. The molecule has 3 aromatic rings. The highest BCUT2D eigenvalue weighted by molar-refractivity contribution is 6.30. The topological polar surface area (TPSA) is 67.5 Å². The van der Waals surface area contributed by atoms with E-state index < -0.39 is 5.97 Å². The Morgan fingerprint density at radius 2 is 2.20 bits per heavy atom. The second-order valence-electron chi connectivity index (χ2n) is 4.36. The lowest BCUT2D eigenvalue weighted by molar-refractivity contribution is 0.0690. The Morgan fingerprint density at radius 3 is 2.85 bits per heavy atom. The van der Waals surface area contributed by atoms with Crippen LogP contribution in [0, 0.1) is 6.92 Å². The van der Waals surface area contributed by atoms with Crippen LogP contribution in [0.4, 0.5) is 0 Å². The number of aromatic carboxylic acids is 1. The van der Waals surface area contributed by atoms with E-state index in [9.17, 15) is 9.90 Å². The van der Waals surface area contributed by atoms with Gasteiger partial charge >= 0.3 is 5.97 Å². The largest absolute Gasteiger partial charge is 0.476 e. The van der Waals surface area contributed by atoms with Crippen LogP contribution in [0.25, 0.3) is 17.0 Å². The van der Waals surface area contributed by atoms with Gasteiger partial charge in [0.1, 0.15) is 11.3 Å². The number of carboxylic acid groups (broad SMARTS) is 1. The van der Waals surface area contributed by atoms with Gasteiger partial charge in [0.05, 0.1) is 10.7 Å². The fraction of sp³-hybridized carbons (Fsp3) is 0.0714. The third kappa shape index (κ3) is 1.92. The number of hydrogen-bond donors (Lipinski definition) is 1. The minimum atomic E-state index is -1.07.